The lowest BCUT2D eigenvalue weighted by Gasteiger charge is -2.13. The van der Waals surface area contributed by atoms with Crippen molar-refractivity contribution < 1.29 is 26.3 Å². The maximum Gasteiger partial charge on any atom is 0.573 e. The van der Waals surface area contributed by atoms with Crippen LogP contribution < -0.4 is 10.1 Å². The maximum absolute atomic E-state index is 12.0. The number of nitrogens with one attached hydrogen (secondary N) is 1. The van der Waals surface area contributed by atoms with E-state index in [0.29, 0.717) is 12.1 Å². The molecule has 1 aromatic carbocycles. The lowest BCUT2D eigenvalue weighted by molar-refractivity contribution is -0.274. The van der Waals surface area contributed by atoms with Crippen LogP contribution in [-0.2, 0) is 9.84 Å². The van der Waals surface area contributed by atoms with E-state index in [2.05, 4.69) is 10.1 Å². The topological polar surface area (TPSA) is 55.4 Å². The summed E-state index contributed by atoms with van der Waals surface area (Å²) in [4.78, 5) is 0. The quantitative estimate of drug-likeness (QED) is 0.928. The Hall–Kier alpha value is -1.44. The van der Waals surface area contributed by atoms with E-state index < -0.39 is 16.2 Å². The molecule has 1 atom stereocenters. The second kappa shape index (κ2) is 4.92. The van der Waals surface area contributed by atoms with Crippen molar-refractivity contribution in [2.75, 3.05) is 16.8 Å². The zero-order valence-corrected chi connectivity index (χ0v) is 10.6. The van der Waals surface area contributed by atoms with Crippen LogP contribution in [0.4, 0.5) is 18.9 Å². The number of rotatable bonds is 3. The van der Waals surface area contributed by atoms with Crippen LogP contribution in [0.25, 0.3) is 0 Å². The number of sulfone groups is 1. The molecule has 0 saturated carbocycles. The minimum atomic E-state index is -4.71. The minimum absolute atomic E-state index is 0.0494. The molecule has 1 fully saturated rings. The van der Waals surface area contributed by atoms with Crippen molar-refractivity contribution in [3.05, 3.63) is 24.3 Å². The molecule has 0 aliphatic carbocycles. The Kier molecular flexibility index (Phi) is 3.62. The third-order valence-corrected chi connectivity index (χ3v) is 4.46. The van der Waals surface area contributed by atoms with Crippen molar-refractivity contribution in [2.24, 2.45) is 0 Å². The van der Waals surface area contributed by atoms with Crippen LogP contribution >= 0.6 is 0 Å². The summed E-state index contributed by atoms with van der Waals surface area (Å²) in [6, 6.07) is 5.01. The van der Waals surface area contributed by atoms with E-state index in [4.69, 9.17) is 0 Å². The molecule has 1 aliphatic heterocycles. The van der Waals surface area contributed by atoms with Gasteiger partial charge >= 0.3 is 6.36 Å². The Morgan fingerprint density at radius 2 is 1.84 bits per heavy atom. The SMILES string of the molecule is O=S1(=O)CCC(Nc2ccc(OC(F)(F)F)cc2)C1. The average molecular weight is 295 g/mol. The first-order chi connectivity index (χ1) is 8.73. The van der Waals surface area contributed by atoms with Crippen molar-refractivity contribution in [3.8, 4) is 5.75 Å². The van der Waals surface area contributed by atoms with Crippen LogP contribution in [0.2, 0.25) is 0 Å². The summed E-state index contributed by atoms with van der Waals surface area (Å²) >= 11 is 0. The van der Waals surface area contributed by atoms with Crippen LogP contribution in [-0.4, -0.2) is 32.3 Å². The Morgan fingerprint density at radius 1 is 1.21 bits per heavy atom. The van der Waals surface area contributed by atoms with Gasteiger partial charge in [-0.15, -0.1) is 13.2 Å². The highest BCUT2D eigenvalue weighted by Crippen LogP contribution is 2.25. The van der Waals surface area contributed by atoms with E-state index in [1.165, 1.54) is 24.3 Å². The number of ether oxygens (including phenoxy) is 1. The zero-order chi connectivity index (χ0) is 14.1. The number of anilines is 1. The molecule has 1 unspecified atom stereocenters. The summed E-state index contributed by atoms with van der Waals surface area (Å²) in [7, 11) is -2.98. The highest BCUT2D eigenvalue weighted by Gasteiger charge is 2.31. The van der Waals surface area contributed by atoms with Crippen LogP contribution in [0.15, 0.2) is 24.3 Å². The second-order valence-corrected chi connectivity index (χ2v) is 6.55. The summed E-state index contributed by atoms with van der Waals surface area (Å²) in [6.45, 7) is 0. The third-order valence-electron chi connectivity index (χ3n) is 2.69. The van der Waals surface area contributed by atoms with Gasteiger partial charge in [-0.3, -0.25) is 0 Å². The Bertz CT molecular complexity index is 539. The zero-order valence-electron chi connectivity index (χ0n) is 9.77. The number of hydrogen-bond donors (Lipinski definition) is 1. The highest BCUT2D eigenvalue weighted by molar-refractivity contribution is 7.91. The van der Waals surface area contributed by atoms with Gasteiger partial charge in [-0.25, -0.2) is 8.42 Å². The van der Waals surface area contributed by atoms with Crippen LogP contribution in [0, 0.1) is 0 Å². The molecule has 1 heterocycles. The molecule has 1 saturated heterocycles. The molecule has 2 rings (SSSR count). The van der Waals surface area contributed by atoms with Gasteiger partial charge in [0.05, 0.1) is 11.5 Å². The predicted octanol–water partition coefficient (Wildman–Crippen LogP) is 2.18. The largest absolute Gasteiger partial charge is 0.573 e. The molecule has 0 bridgehead atoms. The Morgan fingerprint density at radius 3 is 2.32 bits per heavy atom. The average Bonchev–Trinajstić information content (AvgIpc) is 2.59. The highest BCUT2D eigenvalue weighted by atomic mass is 32.2. The molecular formula is C11H12F3NO3S. The Labute approximate surface area is 108 Å². The maximum atomic E-state index is 12.0. The fourth-order valence-electron chi connectivity index (χ4n) is 1.90. The molecule has 0 amide bonds. The van der Waals surface area contributed by atoms with Crippen LogP contribution in [0.3, 0.4) is 0 Å². The van der Waals surface area contributed by atoms with Gasteiger partial charge in [-0.05, 0) is 30.7 Å². The van der Waals surface area contributed by atoms with E-state index >= 15 is 0 Å². The van der Waals surface area contributed by atoms with Crippen molar-refractivity contribution in [2.45, 2.75) is 18.8 Å². The van der Waals surface area contributed by atoms with Gasteiger partial charge in [0.1, 0.15) is 5.75 Å². The number of benzene rings is 1. The molecule has 19 heavy (non-hydrogen) atoms. The van der Waals surface area contributed by atoms with Gasteiger partial charge in [0.15, 0.2) is 9.84 Å². The fourth-order valence-corrected chi connectivity index (χ4v) is 3.57. The van der Waals surface area contributed by atoms with E-state index in [1.807, 2.05) is 0 Å². The molecule has 1 aromatic rings. The third kappa shape index (κ3) is 4.30. The lowest BCUT2D eigenvalue weighted by atomic mass is 10.2. The molecule has 1 N–H and O–H groups in total. The first-order valence-electron chi connectivity index (χ1n) is 5.56. The molecule has 1 aliphatic rings. The molecule has 8 heteroatoms. The Balaban J connectivity index is 1.96. The summed E-state index contributed by atoms with van der Waals surface area (Å²) in [5.41, 5.74) is 0.566. The fraction of sp³-hybridized carbons (Fsp3) is 0.455. The van der Waals surface area contributed by atoms with Gasteiger partial charge in [-0.1, -0.05) is 0 Å². The second-order valence-electron chi connectivity index (χ2n) is 4.32. The monoisotopic (exact) mass is 295 g/mol. The smallest absolute Gasteiger partial charge is 0.406 e. The van der Waals surface area contributed by atoms with Crippen molar-refractivity contribution in [1.29, 1.82) is 0 Å². The molecule has 106 valence electrons. The van der Waals surface area contributed by atoms with Crippen molar-refractivity contribution >= 4 is 15.5 Å². The number of hydrogen-bond acceptors (Lipinski definition) is 4. The van der Waals surface area contributed by atoms with Gasteiger partial charge in [0.25, 0.3) is 0 Å². The van der Waals surface area contributed by atoms with Gasteiger partial charge in [0.2, 0.25) is 0 Å². The van der Waals surface area contributed by atoms with Crippen molar-refractivity contribution in [1.82, 2.24) is 0 Å². The molecular weight excluding hydrogens is 283 g/mol. The molecule has 0 radical (unpaired) electrons. The number of alkyl halides is 3. The summed E-state index contributed by atoms with van der Waals surface area (Å²) in [5.74, 6) is -0.120. The van der Waals surface area contributed by atoms with Crippen LogP contribution in [0.5, 0.6) is 5.75 Å². The van der Waals surface area contributed by atoms with Crippen LogP contribution in [0.1, 0.15) is 6.42 Å². The minimum Gasteiger partial charge on any atom is -0.406 e. The molecule has 4 nitrogen and oxygen atoms in total. The summed E-state index contributed by atoms with van der Waals surface area (Å²) < 4.78 is 62.1. The summed E-state index contributed by atoms with van der Waals surface area (Å²) in [6.07, 6.45) is -4.21. The molecule has 0 aromatic heterocycles. The van der Waals surface area contributed by atoms with E-state index in [9.17, 15) is 21.6 Å². The predicted molar refractivity (Wildman–Crippen MR) is 63.8 cm³/mol. The number of halogens is 3. The van der Waals surface area contributed by atoms with E-state index in [-0.39, 0.29) is 23.3 Å². The normalized spacial score (nSPS) is 22.2. The first-order valence-corrected chi connectivity index (χ1v) is 7.38. The van der Waals surface area contributed by atoms with Gasteiger partial charge in [-0.2, -0.15) is 0 Å². The first kappa shape index (κ1) is 14.0. The standard InChI is InChI=1S/C11H12F3NO3S/c12-11(13,14)18-10-3-1-8(2-4-10)15-9-5-6-19(16,17)7-9/h1-4,9,15H,5-7H2. The van der Waals surface area contributed by atoms with E-state index in [0.717, 1.165) is 0 Å². The lowest BCUT2D eigenvalue weighted by Crippen LogP contribution is -2.20. The van der Waals surface area contributed by atoms with Gasteiger partial charge < -0.3 is 10.1 Å². The molecule has 0 spiro atoms. The van der Waals surface area contributed by atoms with Crippen molar-refractivity contribution in [3.63, 3.8) is 0 Å². The summed E-state index contributed by atoms with van der Waals surface area (Å²) in [5, 5.41) is 2.97. The van der Waals surface area contributed by atoms with Gasteiger partial charge in [0, 0.05) is 11.7 Å². The van der Waals surface area contributed by atoms with E-state index in [1.54, 1.807) is 0 Å².